The average Bonchev–Trinajstić information content (AvgIpc) is 2.96. The summed E-state index contributed by atoms with van der Waals surface area (Å²) in [5, 5.41) is 3.16. The number of fused-ring (bicyclic) bond motifs is 1. The highest BCUT2D eigenvalue weighted by atomic mass is 32.2. The third-order valence-corrected chi connectivity index (χ3v) is 6.03. The van der Waals surface area contributed by atoms with E-state index in [0.29, 0.717) is 18.6 Å². The molecule has 124 valence electrons. The van der Waals surface area contributed by atoms with Crippen molar-refractivity contribution in [3.63, 3.8) is 0 Å². The van der Waals surface area contributed by atoms with E-state index in [-0.39, 0.29) is 16.3 Å². The molecule has 0 unspecified atom stereocenters. The van der Waals surface area contributed by atoms with Crippen LogP contribution in [0.2, 0.25) is 0 Å². The van der Waals surface area contributed by atoms with E-state index in [2.05, 4.69) is 15.3 Å². The molecule has 1 aromatic carbocycles. The van der Waals surface area contributed by atoms with Crippen molar-refractivity contribution in [1.29, 1.82) is 0 Å². The first-order chi connectivity index (χ1) is 10.9. The van der Waals surface area contributed by atoms with Crippen molar-refractivity contribution in [1.82, 2.24) is 19.6 Å². The number of rotatable bonds is 4. The van der Waals surface area contributed by atoms with Crippen molar-refractivity contribution in [2.24, 2.45) is 0 Å². The number of nitrogens with one attached hydrogen (secondary N) is 3. The lowest BCUT2D eigenvalue weighted by atomic mass is 10.2. The fourth-order valence-electron chi connectivity index (χ4n) is 3.01. The fourth-order valence-corrected chi connectivity index (χ4v) is 4.72. The number of likely N-dealkylation sites (N-methyl/N-ethyl adjacent to an activating group) is 1. The molecule has 1 aliphatic heterocycles. The number of hydrogen-bond donors (Lipinski definition) is 3. The second-order valence-electron chi connectivity index (χ2n) is 5.59. The highest BCUT2D eigenvalue weighted by Gasteiger charge is 2.34. The van der Waals surface area contributed by atoms with Crippen molar-refractivity contribution >= 4 is 20.9 Å². The van der Waals surface area contributed by atoms with E-state index in [0.717, 1.165) is 12.8 Å². The summed E-state index contributed by atoms with van der Waals surface area (Å²) in [6, 6.07) is 4.09. The number of aromatic amines is 2. The molecule has 1 atom stereocenters. The first-order valence-electron chi connectivity index (χ1n) is 7.36. The van der Waals surface area contributed by atoms with Crippen LogP contribution >= 0.6 is 0 Å². The van der Waals surface area contributed by atoms with Crippen LogP contribution < -0.4 is 16.6 Å². The Bertz CT molecular complexity index is 947. The van der Waals surface area contributed by atoms with Crippen LogP contribution in [0.5, 0.6) is 0 Å². The van der Waals surface area contributed by atoms with Gasteiger partial charge < -0.3 is 10.3 Å². The van der Waals surface area contributed by atoms with Crippen LogP contribution in [0.3, 0.4) is 0 Å². The van der Waals surface area contributed by atoms with Crippen LogP contribution in [0.15, 0.2) is 32.7 Å². The van der Waals surface area contributed by atoms with Gasteiger partial charge in [0.25, 0.3) is 5.56 Å². The summed E-state index contributed by atoms with van der Waals surface area (Å²) < 4.78 is 27.2. The lowest BCUT2D eigenvalue weighted by molar-refractivity contribution is 0.379. The number of sulfonamides is 1. The van der Waals surface area contributed by atoms with Crippen LogP contribution in [0.1, 0.15) is 12.8 Å². The Morgan fingerprint density at radius 2 is 2.09 bits per heavy atom. The summed E-state index contributed by atoms with van der Waals surface area (Å²) in [6.07, 6.45) is 1.62. The minimum atomic E-state index is -3.68. The highest BCUT2D eigenvalue weighted by molar-refractivity contribution is 7.89. The van der Waals surface area contributed by atoms with E-state index in [1.54, 1.807) is 7.05 Å². The van der Waals surface area contributed by atoms with Crippen LogP contribution in [-0.4, -0.2) is 48.9 Å². The maximum absolute atomic E-state index is 12.9. The second-order valence-corrected chi connectivity index (χ2v) is 7.48. The molecule has 0 spiro atoms. The zero-order valence-electron chi connectivity index (χ0n) is 12.6. The quantitative estimate of drug-likeness (QED) is 0.701. The summed E-state index contributed by atoms with van der Waals surface area (Å²) in [4.78, 5) is 27.8. The van der Waals surface area contributed by atoms with Crippen LogP contribution in [0, 0.1) is 0 Å². The van der Waals surface area contributed by atoms with Crippen molar-refractivity contribution in [3.8, 4) is 0 Å². The average molecular weight is 338 g/mol. The molecule has 1 aliphatic rings. The van der Waals surface area contributed by atoms with Gasteiger partial charge in [0.15, 0.2) is 0 Å². The van der Waals surface area contributed by atoms with Crippen molar-refractivity contribution in [3.05, 3.63) is 39.0 Å². The van der Waals surface area contributed by atoms with Gasteiger partial charge in [0.2, 0.25) is 10.0 Å². The molecule has 9 heteroatoms. The molecule has 2 aromatic rings. The van der Waals surface area contributed by atoms with Gasteiger partial charge in [0.1, 0.15) is 0 Å². The Labute approximate surface area is 132 Å². The summed E-state index contributed by atoms with van der Waals surface area (Å²) in [6.45, 7) is 1.05. The van der Waals surface area contributed by atoms with Crippen LogP contribution in [0.25, 0.3) is 10.9 Å². The fraction of sp³-hybridized carbons (Fsp3) is 0.429. The molecular formula is C14H18N4O4S. The number of H-pyrrole nitrogens is 2. The molecule has 23 heavy (non-hydrogen) atoms. The van der Waals surface area contributed by atoms with Gasteiger partial charge in [-0.25, -0.2) is 13.2 Å². The monoisotopic (exact) mass is 338 g/mol. The van der Waals surface area contributed by atoms with E-state index in [4.69, 9.17) is 0 Å². The minimum absolute atomic E-state index is 0.0607. The largest absolute Gasteiger partial charge is 0.326 e. The van der Waals surface area contributed by atoms with E-state index < -0.39 is 21.3 Å². The summed E-state index contributed by atoms with van der Waals surface area (Å²) in [5.41, 5.74) is -0.911. The van der Waals surface area contributed by atoms with Crippen molar-refractivity contribution < 1.29 is 8.42 Å². The van der Waals surface area contributed by atoms with E-state index >= 15 is 0 Å². The lowest BCUT2D eigenvalue weighted by Gasteiger charge is -2.24. The predicted molar refractivity (Wildman–Crippen MR) is 86.0 cm³/mol. The maximum Gasteiger partial charge on any atom is 0.326 e. The zero-order chi connectivity index (χ0) is 16.6. The third kappa shape index (κ3) is 2.82. The molecule has 0 aliphatic carbocycles. The maximum atomic E-state index is 12.9. The minimum Gasteiger partial charge on any atom is -0.318 e. The van der Waals surface area contributed by atoms with Gasteiger partial charge in [0.05, 0.1) is 15.8 Å². The molecule has 0 amide bonds. The molecule has 1 aromatic heterocycles. The summed E-state index contributed by atoms with van der Waals surface area (Å²) >= 11 is 0. The number of nitrogens with zero attached hydrogens (tertiary/aromatic N) is 1. The first kappa shape index (κ1) is 15.9. The second kappa shape index (κ2) is 5.91. The number of benzene rings is 1. The Morgan fingerprint density at radius 1 is 1.30 bits per heavy atom. The van der Waals surface area contributed by atoms with Gasteiger partial charge in [-0.2, -0.15) is 4.31 Å². The van der Waals surface area contributed by atoms with Crippen molar-refractivity contribution in [2.45, 2.75) is 23.8 Å². The van der Waals surface area contributed by atoms with E-state index in [9.17, 15) is 18.0 Å². The van der Waals surface area contributed by atoms with E-state index in [1.165, 1.54) is 22.5 Å². The summed E-state index contributed by atoms with van der Waals surface area (Å²) in [5.74, 6) is 0. The Balaban J connectivity index is 2.08. The lowest BCUT2D eigenvalue weighted by Crippen LogP contribution is -2.40. The topological polar surface area (TPSA) is 115 Å². The standard InChI is InChI=1S/C14H18N4O4S/c1-15-8-9-3-2-6-18(9)23(21,22)10-4-5-12-11(7-10)13(19)17-14(20)16-12/h4-5,7,9,15H,2-3,6,8H2,1H3,(H2,16,17,19,20)/t9-/m1/s1. The summed E-state index contributed by atoms with van der Waals surface area (Å²) in [7, 11) is -1.89. The number of aromatic nitrogens is 2. The molecule has 1 fully saturated rings. The number of hydrogen-bond acceptors (Lipinski definition) is 5. The molecule has 0 radical (unpaired) electrons. The van der Waals surface area contributed by atoms with Gasteiger partial charge in [0, 0.05) is 19.1 Å². The zero-order valence-corrected chi connectivity index (χ0v) is 13.4. The SMILES string of the molecule is CNC[C@H]1CCCN1S(=O)(=O)c1ccc2[nH]c(=O)[nH]c(=O)c2c1. The van der Waals surface area contributed by atoms with Gasteiger partial charge in [-0.1, -0.05) is 0 Å². The van der Waals surface area contributed by atoms with Gasteiger partial charge in [-0.15, -0.1) is 0 Å². The van der Waals surface area contributed by atoms with Gasteiger partial charge >= 0.3 is 5.69 Å². The molecule has 8 nitrogen and oxygen atoms in total. The van der Waals surface area contributed by atoms with Crippen LogP contribution in [-0.2, 0) is 10.0 Å². The van der Waals surface area contributed by atoms with E-state index in [1.807, 2.05) is 0 Å². The molecule has 0 bridgehead atoms. The molecule has 3 rings (SSSR count). The van der Waals surface area contributed by atoms with Gasteiger partial charge in [-0.05, 0) is 38.1 Å². The molecule has 2 heterocycles. The Morgan fingerprint density at radius 3 is 2.83 bits per heavy atom. The molecule has 1 saturated heterocycles. The molecule has 0 saturated carbocycles. The Hall–Kier alpha value is -1.97. The Kier molecular flexibility index (Phi) is 4.09. The molecule has 3 N–H and O–H groups in total. The molecular weight excluding hydrogens is 320 g/mol. The van der Waals surface area contributed by atoms with Gasteiger partial charge in [-0.3, -0.25) is 9.78 Å². The smallest absolute Gasteiger partial charge is 0.318 e. The normalized spacial score (nSPS) is 19.4. The predicted octanol–water partition coefficient (Wildman–Crippen LogP) is -0.411. The third-order valence-electron chi connectivity index (χ3n) is 4.08. The highest BCUT2D eigenvalue weighted by Crippen LogP contribution is 2.26. The van der Waals surface area contributed by atoms with Crippen LogP contribution in [0.4, 0.5) is 0 Å². The van der Waals surface area contributed by atoms with Crippen molar-refractivity contribution in [2.75, 3.05) is 20.1 Å². The first-order valence-corrected chi connectivity index (χ1v) is 8.80.